The van der Waals surface area contributed by atoms with Crippen molar-refractivity contribution in [3.63, 3.8) is 0 Å². The highest BCUT2D eigenvalue weighted by Gasteiger charge is 2.23. The van der Waals surface area contributed by atoms with Crippen LogP contribution >= 0.6 is 0 Å². The van der Waals surface area contributed by atoms with Crippen LogP contribution in [0.5, 0.6) is 0 Å². The van der Waals surface area contributed by atoms with Crippen LogP contribution in [0.25, 0.3) is 0 Å². The second-order valence-electron chi connectivity index (χ2n) is 4.45. The third kappa shape index (κ3) is 4.37. The quantitative estimate of drug-likeness (QED) is 0.628. The second kappa shape index (κ2) is 8.01. The fourth-order valence-corrected chi connectivity index (χ4v) is 2.26. The maximum absolute atomic E-state index is 5.80. The first kappa shape index (κ1) is 13.9. The Bertz CT molecular complexity index is 168. The predicted molar refractivity (Wildman–Crippen MR) is 67.6 cm³/mol. The molecule has 4 heteroatoms. The van der Waals surface area contributed by atoms with Gasteiger partial charge in [0.25, 0.3) is 0 Å². The Morgan fingerprint density at radius 1 is 1.44 bits per heavy atom. The number of nitrogens with two attached hydrogens (primary N) is 1. The third-order valence-electron chi connectivity index (χ3n) is 3.52. The minimum atomic E-state index is 0.429. The van der Waals surface area contributed by atoms with Gasteiger partial charge in [-0.3, -0.25) is 0 Å². The number of ether oxygens (including phenoxy) is 1. The van der Waals surface area contributed by atoms with Crippen molar-refractivity contribution >= 4 is 0 Å². The van der Waals surface area contributed by atoms with E-state index in [0.717, 1.165) is 45.8 Å². The van der Waals surface area contributed by atoms with E-state index in [0.29, 0.717) is 18.5 Å². The summed E-state index contributed by atoms with van der Waals surface area (Å²) in [6.07, 6.45) is 1.15. The molecular weight excluding hydrogens is 202 g/mol. The van der Waals surface area contributed by atoms with Gasteiger partial charge >= 0.3 is 0 Å². The van der Waals surface area contributed by atoms with Crippen LogP contribution in [-0.2, 0) is 4.74 Å². The smallest absolute Gasteiger partial charge is 0.0510 e. The SMILES string of the molecule is CCN(CC)CCNC(CN)C1CCOC1. The van der Waals surface area contributed by atoms with E-state index in [9.17, 15) is 0 Å². The molecule has 1 saturated heterocycles. The molecule has 2 atom stereocenters. The van der Waals surface area contributed by atoms with Crippen LogP contribution in [0.1, 0.15) is 20.3 Å². The van der Waals surface area contributed by atoms with Gasteiger partial charge in [0, 0.05) is 38.2 Å². The molecule has 0 saturated carbocycles. The van der Waals surface area contributed by atoms with Crippen LogP contribution in [0.4, 0.5) is 0 Å². The van der Waals surface area contributed by atoms with Gasteiger partial charge in [-0.25, -0.2) is 0 Å². The monoisotopic (exact) mass is 229 g/mol. The van der Waals surface area contributed by atoms with E-state index in [1.165, 1.54) is 0 Å². The van der Waals surface area contributed by atoms with E-state index in [1.807, 2.05) is 0 Å². The number of hydrogen-bond acceptors (Lipinski definition) is 4. The van der Waals surface area contributed by atoms with Crippen molar-refractivity contribution in [2.75, 3.05) is 45.9 Å². The van der Waals surface area contributed by atoms with E-state index in [-0.39, 0.29) is 0 Å². The van der Waals surface area contributed by atoms with Crippen LogP contribution in [0.15, 0.2) is 0 Å². The van der Waals surface area contributed by atoms with Crippen molar-refractivity contribution in [3.05, 3.63) is 0 Å². The molecule has 1 aliphatic heterocycles. The average molecular weight is 229 g/mol. The van der Waals surface area contributed by atoms with Crippen LogP contribution < -0.4 is 11.1 Å². The average Bonchev–Trinajstić information content (AvgIpc) is 2.83. The molecule has 16 heavy (non-hydrogen) atoms. The lowest BCUT2D eigenvalue weighted by Gasteiger charge is -2.24. The van der Waals surface area contributed by atoms with Gasteiger partial charge in [-0.2, -0.15) is 0 Å². The first-order valence-corrected chi connectivity index (χ1v) is 6.55. The highest BCUT2D eigenvalue weighted by atomic mass is 16.5. The van der Waals surface area contributed by atoms with Crippen molar-refractivity contribution in [3.8, 4) is 0 Å². The molecule has 0 bridgehead atoms. The fraction of sp³-hybridized carbons (Fsp3) is 1.00. The summed E-state index contributed by atoms with van der Waals surface area (Å²) in [6, 6.07) is 0.429. The molecule has 96 valence electrons. The van der Waals surface area contributed by atoms with E-state index in [1.54, 1.807) is 0 Å². The molecular formula is C12H27N3O. The molecule has 0 spiro atoms. The lowest BCUT2D eigenvalue weighted by molar-refractivity contribution is 0.176. The molecule has 0 radical (unpaired) electrons. The maximum Gasteiger partial charge on any atom is 0.0510 e. The number of hydrogen-bond donors (Lipinski definition) is 2. The van der Waals surface area contributed by atoms with Crippen molar-refractivity contribution in [2.45, 2.75) is 26.3 Å². The molecule has 2 unspecified atom stereocenters. The van der Waals surface area contributed by atoms with Gasteiger partial charge in [-0.05, 0) is 19.5 Å². The first-order valence-electron chi connectivity index (χ1n) is 6.55. The molecule has 0 aromatic carbocycles. The molecule has 0 aliphatic carbocycles. The summed E-state index contributed by atoms with van der Waals surface area (Å²) in [4.78, 5) is 2.42. The predicted octanol–water partition coefficient (Wildman–Crippen LogP) is 0.282. The van der Waals surface area contributed by atoms with E-state index >= 15 is 0 Å². The molecule has 1 rings (SSSR count). The second-order valence-corrected chi connectivity index (χ2v) is 4.45. The summed E-state index contributed by atoms with van der Waals surface area (Å²) in [7, 11) is 0. The number of nitrogens with zero attached hydrogens (tertiary/aromatic N) is 1. The minimum Gasteiger partial charge on any atom is -0.381 e. The zero-order valence-corrected chi connectivity index (χ0v) is 10.7. The van der Waals surface area contributed by atoms with E-state index in [2.05, 4.69) is 24.1 Å². The van der Waals surface area contributed by atoms with Crippen molar-refractivity contribution < 1.29 is 4.74 Å². The van der Waals surface area contributed by atoms with Crippen LogP contribution in [0.3, 0.4) is 0 Å². The largest absolute Gasteiger partial charge is 0.381 e. The zero-order chi connectivity index (χ0) is 11.8. The maximum atomic E-state index is 5.80. The Balaban J connectivity index is 2.17. The molecule has 4 nitrogen and oxygen atoms in total. The highest BCUT2D eigenvalue weighted by Crippen LogP contribution is 2.15. The standard InChI is InChI=1S/C12H27N3O/c1-3-15(4-2)7-6-14-12(9-13)11-5-8-16-10-11/h11-12,14H,3-10,13H2,1-2H3. The van der Waals surface area contributed by atoms with Crippen LogP contribution in [0, 0.1) is 5.92 Å². The molecule has 3 N–H and O–H groups in total. The van der Waals surface area contributed by atoms with Gasteiger partial charge in [-0.1, -0.05) is 13.8 Å². The summed E-state index contributed by atoms with van der Waals surface area (Å²) in [5.74, 6) is 0.613. The molecule has 1 aliphatic rings. The van der Waals surface area contributed by atoms with Gasteiger partial charge < -0.3 is 20.7 Å². The number of likely N-dealkylation sites (N-methyl/N-ethyl adjacent to an activating group) is 1. The first-order chi connectivity index (χ1) is 7.81. The normalized spacial score (nSPS) is 22.9. The molecule has 0 aromatic rings. The molecule has 0 aromatic heterocycles. The Morgan fingerprint density at radius 2 is 2.19 bits per heavy atom. The Morgan fingerprint density at radius 3 is 2.69 bits per heavy atom. The summed E-state index contributed by atoms with van der Waals surface area (Å²) < 4.78 is 5.40. The van der Waals surface area contributed by atoms with Gasteiger partial charge in [-0.15, -0.1) is 0 Å². The highest BCUT2D eigenvalue weighted by molar-refractivity contribution is 4.80. The molecule has 1 fully saturated rings. The Hall–Kier alpha value is -0.160. The molecule has 1 heterocycles. The van der Waals surface area contributed by atoms with Gasteiger partial charge in [0.05, 0.1) is 6.61 Å². The van der Waals surface area contributed by atoms with Crippen molar-refractivity contribution in [1.82, 2.24) is 10.2 Å². The topological polar surface area (TPSA) is 50.5 Å². The summed E-state index contributed by atoms with van der Waals surface area (Å²) in [5, 5.41) is 3.56. The van der Waals surface area contributed by atoms with E-state index < -0.39 is 0 Å². The van der Waals surface area contributed by atoms with Gasteiger partial charge in [0.1, 0.15) is 0 Å². The van der Waals surface area contributed by atoms with Crippen LogP contribution in [-0.4, -0.2) is 56.9 Å². The van der Waals surface area contributed by atoms with Crippen molar-refractivity contribution in [2.24, 2.45) is 11.7 Å². The van der Waals surface area contributed by atoms with E-state index in [4.69, 9.17) is 10.5 Å². The lowest BCUT2D eigenvalue weighted by Crippen LogP contribution is -2.45. The summed E-state index contributed by atoms with van der Waals surface area (Å²) in [6.45, 7) is 11.3. The number of rotatable bonds is 8. The van der Waals surface area contributed by atoms with Crippen molar-refractivity contribution in [1.29, 1.82) is 0 Å². The minimum absolute atomic E-state index is 0.429. The van der Waals surface area contributed by atoms with Gasteiger partial charge in [0.15, 0.2) is 0 Å². The van der Waals surface area contributed by atoms with Crippen LogP contribution in [0.2, 0.25) is 0 Å². The Labute approximate surface area is 99.5 Å². The lowest BCUT2D eigenvalue weighted by atomic mass is 9.99. The summed E-state index contributed by atoms with van der Waals surface area (Å²) >= 11 is 0. The summed E-state index contributed by atoms with van der Waals surface area (Å²) in [5.41, 5.74) is 5.80. The fourth-order valence-electron chi connectivity index (χ4n) is 2.26. The Kier molecular flexibility index (Phi) is 6.96. The zero-order valence-electron chi connectivity index (χ0n) is 10.7. The number of nitrogens with one attached hydrogen (secondary N) is 1. The van der Waals surface area contributed by atoms with Gasteiger partial charge in [0.2, 0.25) is 0 Å². The third-order valence-corrected chi connectivity index (χ3v) is 3.52. The molecule has 0 amide bonds.